The molecule has 0 aromatic heterocycles. The first kappa shape index (κ1) is 15.4. The number of halogens is 6. The molecule has 1 aromatic carbocycles. The van der Waals surface area contributed by atoms with Gasteiger partial charge in [0.25, 0.3) is 0 Å². The van der Waals surface area contributed by atoms with E-state index in [4.69, 9.17) is 0 Å². The monoisotopic (exact) mass is 284 g/mol. The van der Waals surface area contributed by atoms with Crippen LogP contribution in [0, 0.1) is 0 Å². The molecule has 1 nitrogen and oxygen atoms in total. The maximum absolute atomic E-state index is 13.8. The fourth-order valence-corrected chi connectivity index (χ4v) is 1.28. The fraction of sp³-hybridized carbons (Fsp3) is 0.333. The molecule has 0 bridgehead atoms. The average molecular weight is 284 g/mol. The fourth-order valence-electron chi connectivity index (χ4n) is 1.28. The highest BCUT2D eigenvalue weighted by molar-refractivity contribution is 5.62. The van der Waals surface area contributed by atoms with Gasteiger partial charge in [-0.25, -0.2) is 4.39 Å². The minimum atomic E-state index is -5.93. The van der Waals surface area contributed by atoms with Gasteiger partial charge in [0.05, 0.1) is 6.61 Å². The van der Waals surface area contributed by atoms with Crippen LogP contribution in [0.5, 0.6) is 0 Å². The maximum atomic E-state index is 13.8. The molecule has 0 saturated carbocycles. The van der Waals surface area contributed by atoms with Gasteiger partial charge in [0, 0.05) is 5.56 Å². The van der Waals surface area contributed by atoms with Crippen molar-refractivity contribution in [2.24, 2.45) is 0 Å². The summed E-state index contributed by atoms with van der Waals surface area (Å²) >= 11 is 0. The van der Waals surface area contributed by atoms with Crippen molar-refractivity contribution in [3.05, 3.63) is 41.7 Å². The highest BCUT2D eigenvalue weighted by atomic mass is 19.4. The molecule has 1 aromatic rings. The second kappa shape index (κ2) is 5.54. The predicted octanol–water partition coefficient (Wildman–Crippen LogP) is 4.56. The lowest BCUT2D eigenvalue weighted by Crippen LogP contribution is -2.39. The average Bonchev–Trinajstić information content (AvgIpc) is 2.34. The molecular formula is C12H10F6O. The lowest BCUT2D eigenvalue weighted by atomic mass is 10.1. The van der Waals surface area contributed by atoms with Crippen LogP contribution in [0.25, 0.3) is 5.83 Å². The van der Waals surface area contributed by atoms with E-state index < -0.39 is 35.9 Å². The van der Waals surface area contributed by atoms with Gasteiger partial charge < -0.3 is 4.74 Å². The number of alkyl halides is 5. The van der Waals surface area contributed by atoms with Gasteiger partial charge in [0.2, 0.25) is 5.76 Å². The Morgan fingerprint density at radius 3 is 2.00 bits per heavy atom. The summed E-state index contributed by atoms with van der Waals surface area (Å²) < 4.78 is 81.1. The Hall–Kier alpha value is -1.66. The van der Waals surface area contributed by atoms with Crippen molar-refractivity contribution >= 4 is 5.83 Å². The summed E-state index contributed by atoms with van der Waals surface area (Å²) in [5, 5.41) is 0. The van der Waals surface area contributed by atoms with Crippen LogP contribution in [0.4, 0.5) is 26.3 Å². The zero-order valence-corrected chi connectivity index (χ0v) is 9.77. The van der Waals surface area contributed by atoms with E-state index in [1.807, 2.05) is 0 Å². The Balaban J connectivity index is 3.35. The van der Waals surface area contributed by atoms with Crippen LogP contribution in [0.2, 0.25) is 0 Å². The van der Waals surface area contributed by atoms with E-state index in [-0.39, 0.29) is 0 Å². The third kappa shape index (κ3) is 3.21. The van der Waals surface area contributed by atoms with Crippen molar-refractivity contribution < 1.29 is 31.1 Å². The minimum Gasteiger partial charge on any atom is -0.489 e. The van der Waals surface area contributed by atoms with E-state index in [1.165, 1.54) is 25.1 Å². The maximum Gasteiger partial charge on any atom is 0.461 e. The van der Waals surface area contributed by atoms with Gasteiger partial charge in [-0.1, -0.05) is 30.3 Å². The molecule has 7 heteroatoms. The summed E-state index contributed by atoms with van der Waals surface area (Å²) in [5.74, 6) is -9.14. The first-order valence-electron chi connectivity index (χ1n) is 5.24. The molecule has 19 heavy (non-hydrogen) atoms. The summed E-state index contributed by atoms with van der Waals surface area (Å²) in [6.45, 7) is 0.673. The lowest BCUT2D eigenvalue weighted by molar-refractivity contribution is -0.276. The number of benzene rings is 1. The zero-order chi connectivity index (χ0) is 14.7. The van der Waals surface area contributed by atoms with Gasteiger partial charge in [-0.2, -0.15) is 22.0 Å². The van der Waals surface area contributed by atoms with Crippen LogP contribution in [0.1, 0.15) is 12.5 Å². The Kier molecular flexibility index (Phi) is 4.49. The van der Waals surface area contributed by atoms with Gasteiger partial charge in [-0.15, -0.1) is 0 Å². The summed E-state index contributed by atoms with van der Waals surface area (Å²) in [6, 6.07) is 6.23. The van der Waals surface area contributed by atoms with Gasteiger partial charge in [0.1, 0.15) is 0 Å². The molecule has 0 aliphatic heterocycles. The highest BCUT2D eigenvalue weighted by Gasteiger charge is 2.63. The number of ether oxygens (including phenoxy) is 1. The molecule has 0 unspecified atom stereocenters. The van der Waals surface area contributed by atoms with E-state index >= 15 is 0 Å². The third-order valence-corrected chi connectivity index (χ3v) is 2.16. The molecule has 0 saturated heterocycles. The molecule has 0 amide bonds. The van der Waals surface area contributed by atoms with Crippen LogP contribution in [0.3, 0.4) is 0 Å². The molecule has 0 aliphatic rings. The van der Waals surface area contributed by atoms with Gasteiger partial charge >= 0.3 is 12.1 Å². The predicted molar refractivity (Wildman–Crippen MR) is 57.1 cm³/mol. The number of hydrogen-bond donors (Lipinski definition) is 0. The lowest BCUT2D eigenvalue weighted by Gasteiger charge is -2.23. The minimum absolute atomic E-state index is 0.408. The standard InChI is InChI=1S/C12H10F6O/c1-2-19-10(11(14,15)12(16,17)18)9(13)8-6-4-3-5-7-8/h3-7H,2H2,1H3/b10-9-. The van der Waals surface area contributed by atoms with Gasteiger partial charge in [0.15, 0.2) is 5.83 Å². The Morgan fingerprint density at radius 2 is 1.58 bits per heavy atom. The molecule has 0 radical (unpaired) electrons. The second-order valence-corrected chi connectivity index (χ2v) is 3.51. The first-order valence-corrected chi connectivity index (χ1v) is 5.24. The molecule has 0 N–H and O–H groups in total. The van der Waals surface area contributed by atoms with E-state index in [0.29, 0.717) is 0 Å². The van der Waals surface area contributed by atoms with Crippen molar-refractivity contribution in [3.63, 3.8) is 0 Å². The van der Waals surface area contributed by atoms with Crippen LogP contribution < -0.4 is 0 Å². The highest BCUT2D eigenvalue weighted by Crippen LogP contribution is 2.44. The summed E-state index contributed by atoms with van der Waals surface area (Å²) in [7, 11) is 0. The van der Waals surface area contributed by atoms with Gasteiger partial charge in [-0.05, 0) is 6.92 Å². The topological polar surface area (TPSA) is 9.23 Å². The number of hydrogen-bond acceptors (Lipinski definition) is 1. The Bertz CT molecular complexity index is 449. The molecule has 0 aliphatic carbocycles. The third-order valence-electron chi connectivity index (χ3n) is 2.16. The van der Waals surface area contributed by atoms with Crippen molar-refractivity contribution in [2.45, 2.75) is 19.0 Å². The zero-order valence-electron chi connectivity index (χ0n) is 9.77. The van der Waals surface area contributed by atoms with Crippen LogP contribution in [-0.2, 0) is 4.74 Å². The van der Waals surface area contributed by atoms with Crippen LogP contribution >= 0.6 is 0 Å². The smallest absolute Gasteiger partial charge is 0.461 e. The van der Waals surface area contributed by atoms with Crippen LogP contribution in [-0.4, -0.2) is 18.7 Å². The summed E-state index contributed by atoms with van der Waals surface area (Å²) in [5.41, 5.74) is -0.408. The number of rotatable bonds is 4. The SMILES string of the molecule is CCO/C(=C(\F)c1ccccc1)C(F)(F)C(F)(F)F. The van der Waals surface area contributed by atoms with E-state index in [2.05, 4.69) is 4.74 Å². The molecule has 0 atom stereocenters. The normalized spacial score (nSPS) is 14.1. The van der Waals surface area contributed by atoms with Crippen molar-refractivity contribution in [1.82, 2.24) is 0 Å². The van der Waals surface area contributed by atoms with Crippen molar-refractivity contribution in [3.8, 4) is 0 Å². The molecule has 106 valence electrons. The van der Waals surface area contributed by atoms with Crippen molar-refractivity contribution in [2.75, 3.05) is 6.61 Å². The molecular weight excluding hydrogens is 274 g/mol. The second-order valence-electron chi connectivity index (χ2n) is 3.51. The van der Waals surface area contributed by atoms with Gasteiger partial charge in [-0.3, -0.25) is 0 Å². The van der Waals surface area contributed by atoms with E-state index in [0.717, 1.165) is 12.1 Å². The summed E-state index contributed by atoms with van der Waals surface area (Å²) in [4.78, 5) is 0. The van der Waals surface area contributed by atoms with E-state index in [1.54, 1.807) is 0 Å². The molecule has 1 rings (SSSR count). The van der Waals surface area contributed by atoms with E-state index in [9.17, 15) is 26.3 Å². The quantitative estimate of drug-likeness (QED) is 0.582. The van der Waals surface area contributed by atoms with Crippen LogP contribution in [0.15, 0.2) is 36.1 Å². The number of allylic oxidation sites excluding steroid dienone is 1. The first-order chi connectivity index (χ1) is 8.71. The summed E-state index contributed by atoms with van der Waals surface area (Å²) in [6.07, 6.45) is -5.93. The largest absolute Gasteiger partial charge is 0.489 e. The Labute approximate surface area is 105 Å². The molecule has 0 heterocycles. The molecule has 0 spiro atoms. The molecule has 0 fully saturated rings. The van der Waals surface area contributed by atoms with Crippen molar-refractivity contribution in [1.29, 1.82) is 0 Å². The Morgan fingerprint density at radius 1 is 1.05 bits per heavy atom.